The molecule has 8 nitrogen and oxygen atoms in total. The van der Waals surface area contributed by atoms with E-state index in [1.165, 1.54) is 16.2 Å². The van der Waals surface area contributed by atoms with Crippen LogP contribution in [0.15, 0.2) is 0 Å². The third-order valence-electron chi connectivity index (χ3n) is 7.27. The van der Waals surface area contributed by atoms with Gasteiger partial charge >= 0.3 is 5.97 Å². The van der Waals surface area contributed by atoms with E-state index in [1.807, 2.05) is 0 Å². The Labute approximate surface area is 204 Å². The highest BCUT2D eigenvalue weighted by Gasteiger charge is 2.46. The number of esters is 1. The van der Waals surface area contributed by atoms with Crippen molar-refractivity contribution in [3.63, 3.8) is 0 Å². The Kier molecular flexibility index (Phi) is 7.89. The number of nitrogens with one attached hydrogen (secondary N) is 1. The smallest absolute Gasteiger partial charge is 0.313 e. The van der Waals surface area contributed by atoms with Crippen LogP contribution in [0.4, 0.5) is 5.00 Å². The number of nitriles is 1. The molecule has 9 heteroatoms. The zero-order chi connectivity index (χ0) is 24.1. The first-order chi connectivity index (χ1) is 16.4. The van der Waals surface area contributed by atoms with E-state index in [2.05, 4.69) is 11.4 Å². The molecular formula is C25H33N3O5S. The van der Waals surface area contributed by atoms with Crippen molar-refractivity contribution in [1.82, 2.24) is 4.90 Å². The molecule has 1 aromatic rings. The van der Waals surface area contributed by atoms with Crippen LogP contribution in [0.25, 0.3) is 0 Å². The average molecular weight is 488 g/mol. The molecule has 2 fully saturated rings. The second kappa shape index (κ2) is 10.9. The highest BCUT2D eigenvalue weighted by molar-refractivity contribution is 7.16. The van der Waals surface area contributed by atoms with Gasteiger partial charge in [-0.3, -0.25) is 14.4 Å². The Balaban J connectivity index is 1.40. The number of ether oxygens (including phenoxy) is 2. The quantitative estimate of drug-likeness (QED) is 0.485. The van der Waals surface area contributed by atoms with Gasteiger partial charge in [0.15, 0.2) is 6.10 Å². The molecule has 4 rings (SSSR count). The number of rotatable bonds is 6. The summed E-state index contributed by atoms with van der Waals surface area (Å²) in [5.74, 6) is -0.983. The topological polar surface area (TPSA) is 109 Å². The summed E-state index contributed by atoms with van der Waals surface area (Å²) in [7, 11) is 0. The first-order valence-electron chi connectivity index (χ1n) is 12.4. The first-order valence-corrected chi connectivity index (χ1v) is 13.2. The number of morpholine rings is 1. The predicted octanol–water partition coefficient (Wildman–Crippen LogP) is 3.57. The van der Waals surface area contributed by atoms with Crippen LogP contribution in [0.2, 0.25) is 0 Å². The third kappa shape index (κ3) is 5.28. The number of fused-ring (bicyclic) bond motifs is 1. The minimum atomic E-state index is -1.02. The molecule has 1 unspecified atom stereocenters. The number of nitrogens with zero attached hydrogens (tertiary/aromatic N) is 2. The molecule has 2 aliphatic carbocycles. The fourth-order valence-corrected chi connectivity index (χ4v) is 6.46. The molecule has 1 aliphatic heterocycles. The van der Waals surface area contributed by atoms with E-state index in [0.717, 1.165) is 50.5 Å². The lowest BCUT2D eigenvalue weighted by molar-refractivity contribution is -0.166. The molecule has 184 valence electrons. The van der Waals surface area contributed by atoms with Gasteiger partial charge in [0.25, 0.3) is 5.91 Å². The third-order valence-corrected chi connectivity index (χ3v) is 8.48. The van der Waals surface area contributed by atoms with Gasteiger partial charge in [-0.05, 0) is 51.0 Å². The molecule has 0 radical (unpaired) electrons. The molecule has 3 aliphatic rings. The molecule has 1 atom stereocenters. The summed E-state index contributed by atoms with van der Waals surface area (Å²) >= 11 is 1.46. The largest absolute Gasteiger partial charge is 0.452 e. The van der Waals surface area contributed by atoms with Gasteiger partial charge in [0.05, 0.1) is 24.2 Å². The van der Waals surface area contributed by atoms with Crippen molar-refractivity contribution in [2.24, 2.45) is 5.41 Å². The lowest BCUT2D eigenvalue weighted by Gasteiger charge is -2.32. The Morgan fingerprint density at radius 3 is 2.56 bits per heavy atom. The maximum Gasteiger partial charge on any atom is 0.313 e. The van der Waals surface area contributed by atoms with Crippen LogP contribution < -0.4 is 5.32 Å². The molecule has 0 spiro atoms. The van der Waals surface area contributed by atoms with E-state index < -0.39 is 23.4 Å². The van der Waals surface area contributed by atoms with Gasteiger partial charge in [0, 0.05) is 24.4 Å². The van der Waals surface area contributed by atoms with Crippen LogP contribution >= 0.6 is 11.3 Å². The number of carbonyl (C=O) groups is 3. The molecule has 0 aromatic carbocycles. The number of hydrogen-bond donors (Lipinski definition) is 1. The van der Waals surface area contributed by atoms with Crippen molar-refractivity contribution in [2.75, 3.05) is 31.6 Å². The van der Waals surface area contributed by atoms with Crippen molar-refractivity contribution in [1.29, 1.82) is 5.26 Å². The number of hydrogen-bond acceptors (Lipinski definition) is 7. The lowest BCUT2D eigenvalue weighted by atomic mass is 9.82. The van der Waals surface area contributed by atoms with E-state index in [9.17, 15) is 19.6 Å². The molecular weight excluding hydrogens is 454 g/mol. The van der Waals surface area contributed by atoms with Crippen LogP contribution in [-0.2, 0) is 36.7 Å². The van der Waals surface area contributed by atoms with Crippen LogP contribution in [-0.4, -0.2) is 55.1 Å². The van der Waals surface area contributed by atoms with Gasteiger partial charge in [0.1, 0.15) is 11.1 Å². The van der Waals surface area contributed by atoms with E-state index in [1.54, 1.807) is 11.8 Å². The Bertz CT molecular complexity index is 970. The lowest BCUT2D eigenvalue weighted by Crippen LogP contribution is -2.45. The summed E-state index contributed by atoms with van der Waals surface area (Å²) in [5, 5.41) is 13.1. The van der Waals surface area contributed by atoms with E-state index in [0.29, 0.717) is 49.7 Å². The fourth-order valence-electron chi connectivity index (χ4n) is 5.22. The van der Waals surface area contributed by atoms with Gasteiger partial charge in [-0.25, -0.2) is 0 Å². The summed E-state index contributed by atoms with van der Waals surface area (Å²) in [6.07, 6.45) is 7.06. The van der Waals surface area contributed by atoms with Crippen molar-refractivity contribution in [2.45, 2.75) is 77.2 Å². The van der Waals surface area contributed by atoms with E-state index in [4.69, 9.17) is 9.47 Å². The SMILES string of the molecule is CC(OC(=O)C1(CC(=O)N2CCOCC2)CCCC1)C(=O)Nc1sc2c(c1C#N)CCCCC2. The molecule has 1 saturated heterocycles. The Hall–Kier alpha value is -2.44. The van der Waals surface area contributed by atoms with Crippen LogP contribution in [0, 0.1) is 16.7 Å². The molecule has 1 saturated carbocycles. The average Bonchev–Trinajstić information content (AvgIpc) is 3.37. The minimum Gasteiger partial charge on any atom is -0.452 e. The van der Waals surface area contributed by atoms with Gasteiger partial charge in [-0.2, -0.15) is 5.26 Å². The van der Waals surface area contributed by atoms with Crippen molar-refractivity contribution in [3.05, 3.63) is 16.0 Å². The normalized spacial score (nSPS) is 20.5. The molecule has 2 heterocycles. The maximum absolute atomic E-state index is 13.2. The number of carbonyl (C=O) groups excluding carboxylic acids is 3. The van der Waals surface area contributed by atoms with Crippen LogP contribution in [0.3, 0.4) is 0 Å². The van der Waals surface area contributed by atoms with Crippen molar-refractivity contribution < 1.29 is 23.9 Å². The fraction of sp³-hybridized carbons (Fsp3) is 0.680. The first kappa shape index (κ1) is 24.7. The molecule has 34 heavy (non-hydrogen) atoms. The number of amides is 2. The number of thiophene rings is 1. The second-order valence-corrected chi connectivity index (χ2v) is 10.7. The minimum absolute atomic E-state index is 0.0574. The number of aryl methyl sites for hydroxylation is 1. The predicted molar refractivity (Wildman–Crippen MR) is 127 cm³/mol. The molecule has 0 bridgehead atoms. The zero-order valence-electron chi connectivity index (χ0n) is 19.8. The van der Waals surface area contributed by atoms with Crippen LogP contribution in [0.5, 0.6) is 0 Å². The highest BCUT2D eigenvalue weighted by Crippen LogP contribution is 2.43. The summed E-state index contributed by atoms with van der Waals surface area (Å²) in [6.45, 7) is 3.64. The van der Waals surface area contributed by atoms with E-state index in [-0.39, 0.29) is 12.3 Å². The Morgan fingerprint density at radius 2 is 1.85 bits per heavy atom. The maximum atomic E-state index is 13.2. The molecule has 1 N–H and O–H groups in total. The Morgan fingerprint density at radius 1 is 1.15 bits per heavy atom. The summed E-state index contributed by atoms with van der Waals surface area (Å²) in [4.78, 5) is 41.9. The standard InChI is InChI=1S/C25H33N3O5S/c1-17(22(30)27-23-19(16-26)18-7-3-2-4-8-20(18)34-23)33-24(31)25(9-5-6-10-25)15-21(29)28-11-13-32-14-12-28/h17H,2-15H2,1H3,(H,27,30). The second-order valence-electron chi connectivity index (χ2n) is 9.57. The van der Waals surface area contributed by atoms with Gasteiger partial charge in [-0.15, -0.1) is 11.3 Å². The molecule has 1 aromatic heterocycles. The summed E-state index contributed by atoms with van der Waals surface area (Å²) < 4.78 is 11.0. The monoisotopic (exact) mass is 487 g/mol. The molecule has 2 amide bonds. The van der Waals surface area contributed by atoms with E-state index >= 15 is 0 Å². The number of anilines is 1. The van der Waals surface area contributed by atoms with Gasteiger partial charge < -0.3 is 19.7 Å². The summed E-state index contributed by atoms with van der Waals surface area (Å²) in [5.41, 5.74) is 0.718. The van der Waals surface area contributed by atoms with Gasteiger partial charge in [0.2, 0.25) is 5.91 Å². The zero-order valence-corrected chi connectivity index (χ0v) is 20.6. The van der Waals surface area contributed by atoms with Crippen LogP contribution in [0.1, 0.15) is 74.3 Å². The van der Waals surface area contributed by atoms with Crippen molar-refractivity contribution in [3.8, 4) is 6.07 Å². The van der Waals surface area contributed by atoms with Crippen molar-refractivity contribution >= 4 is 34.1 Å². The summed E-state index contributed by atoms with van der Waals surface area (Å²) in [6, 6.07) is 2.26. The highest BCUT2D eigenvalue weighted by atomic mass is 32.1. The van der Waals surface area contributed by atoms with Gasteiger partial charge in [-0.1, -0.05) is 19.3 Å².